The van der Waals surface area contributed by atoms with Crippen molar-refractivity contribution in [1.82, 2.24) is 10.3 Å². The van der Waals surface area contributed by atoms with Crippen molar-refractivity contribution in [2.75, 3.05) is 19.8 Å². The fourth-order valence-electron chi connectivity index (χ4n) is 2.96. The van der Waals surface area contributed by atoms with E-state index in [-0.39, 0.29) is 12.5 Å². The predicted octanol–water partition coefficient (Wildman–Crippen LogP) is 4.90. The number of rotatable bonds is 9. The molecule has 30 heavy (non-hydrogen) atoms. The number of furan rings is 1. The van der Waals surface area contributed by atoms with Crippen molar-refractivity contribution >= 4 is 27.5 Å². The second kappa shape index (κ2) is 9.56. The van der Waals surface area contributed by atoms with Gasteiger partial charge >= 0.3 is 0 Å². The van der Waals surface area contributed by atoms with E-state index in [1.54, 1.807) is 23.5 Å². The zero-order valence-electron chi connectivity index (χ0n) is 16.6. The van der Waals surface area contributed by atoms with Crippen LogP contribution in [-0.2, 0) is 11.3 Å². The SMILES string of the molecule is CCOCCOc1ccccc1C(=O)NCc1ccc(-c2nc3ccccc3s2)o1. The molecule has 2 aromatic carbocycles. The van der Waals surface area contributed by atoms with E-state index >= 15 is 0 Å². The number of carbonyl (C=O) groups is 1. The zero-order chi connectivity index (χ0) is 20.8. The van der Waals surface area contributed by atoms with Crippen LogP contribution in [0.5, 0.6) is 5.75 Å². The van der Waals surface area contributed by atoms with Crippen molar-refractivity contribution in [3.63, 3.8) is 0 Å². The van der Waals surface area contributed by atoms with Gasteiger partial charge in [-0.2, -0.15) is 0 Å². The standard InChI is InChI=1S/C23H22N2O4S/c1-2-27-13-14-28-19-9-5-3-7-17(19)22(26)24-15-16-11-12-20(29-16)23-25-18-8-4-6-10-21(18)30-23/h3-12H,2,13-15H2,1H3,(H,24,26). The number of fused-ring (bicyclic) bond motifs is 1. The van der Waals surface area contributed by atoms with Gasteiger partial charge in [0.2, 0.25) is 0 Å². The highest BCUT2D eigenvalue weighted by molar-refractivity contribution is 7.21. The molecule has 0 aliphatic heterocycles. The Kier molecular flexibility index (Phi) is 6.41. The molecule has 4 aromatic rings. The number of aromatic nitrogens is 1. The Morgan fingerprint density at radius 2 is 1.90 bits per heavy atom. The fraction of sp³-hybridized carbons (Fsp3) is 0.217. The lowest BCUT2D eigenvalue weighted by Crippen LogP contribution is -2.23. The first-order valence-electron chi connectivity index (χ1n) is 9.77. The van der Waals surface area contributed by atoms with Gasteiger partial charge in [0.15, 0.2) is 10.8 Å². The monoisotopic (exact) mass is 422 g/mol. The van der Waals surface area contributed by atoms with Gasteiger partial charge in [-0.1, -0.05) is 24.3 Å². The summed E-state index contributed by atoms with van der Waals surface area (Å²) in [5.41, 5.74) is 1.43. The van der Waals surface area contributed by atoms with Crippen molar-refractivity contribution in [2.45, 2.75) is 13.5 Å². The molecule has 2 aromatic heterocycles. The lowest BCUT2D eigenvalue weighted by atomic mass is 10.2. The van der Waals surface area contributed by atoms with Crippen LogP contribution < -0.4 is 10.1 Å². The third-order valence-corrected chi connectivity index (χ3v) is 5.46. The van der Waals surface area contributed by atoms with E-state index in [9.17, 15) is 4.79 Å². The molecule has 0 saturated carbocycles. The van der Waals surface area contributed by atoms with Gasteiger partial charge in [0, 0.05) is 6.61 Å². The van der Waals surface area contributed by atoms with E-state index in [1.165, 1.54) is 0 Å². The van der Waals surface area contributed by atoms with Crippen LogP contribution in [0.2, 0.25) is 0 Å². The van der Waals surface area contributed by atoms with E-state index in [2.05, 4.69) is 10.3 Å². The highest BCUT2D eigenvalue weighted by Crippen LogP contribution is 2.31. The summed E-state index contributed by atoms with van der Waals surface area (Å²) in [6.07, 6.45) is 0. The topological polar surface area (TPSA) is 73.6 Å². The number of amides is 1. The Labute approximate surface area is 178 Å². The number of carbonyl (C=O) groups excluding carboxylic acids is 1. The summed E-state index contributed by atoms with van der Waals surface area (Å²) in [4.78, 5) is 17.3. The van der Waals surface area contributed by atoms with Crippen molar-refractivity contribution in [3.05, 3.63) is 72.0 Å². The quantitative estimate of drug-likeness (QED) is 0.388. The lowest BCUT2D eigenvalue weighted by molar-refractivity contribution is 0.0931. The molecule has 0 aliphatic carbocycles. The minimum absolute atomic E-state index is 0.222. The molecule has 0 spiro atoms. The smallest absolute Gasteiger partial charge is 0.255 e. The van der Waals surface area contributed by atoms with E-state index in [4.69, 9.17) is 13.9 Å². The molecule has 2 heterocycles. The number of nitrogens with zero attached hydrogens (tertiary/aromatic N) is 1. The normalized spacial score (nSPS) is 11.0. The summed E-state index contributed by atoms with van der Waals surface area (Å²) < 4.78 is 18.0. The minimum atomic E-state index is -0.222. The van der Waals surface area contributed by atoms with Gasteiger partial charge in [-0.15, -0.1) is 11.3 Å². The van der Waals surface area contributed by atoms with Gasteiger partial charge in [0.05, 0.1) is 28.9 Å². The Morgan fingerprint density at radius 1 is 1.07 bits per heavy atom. The number of nitrogens with one attached hydrogen (secondary N) is 1. The highest BCUT2D eigenvalue weighted by Gasteiger charge is 2.14. The molecule has 1 N–H and O–H groups in total. The van der Waals surface area contributed by atoms with Gasteiger partial charge in [-0.3, -0.25) is 4.79 Å². The molecule has 4 rings (SSSR count). The van der Waals surface area contributed by atoms with Crippen LogP contribution in [0.1, 0.15) is 23.0 Å². The molecule has 7 heteroatoms. The maximum atomic E-state index is 12.6. The number of benzene rings is 2. The second-order valence-corrected chi connectivity index (χ2v) is 7.51. The second-order valence-electron chi connectivity index (χ2n) is 6.48. The maximum Gasteiger partial charge on any atom is 0.255 e. The van der Waals surface area contributed by atoms with Crippen LogP contribution in [0, 0.1) is 0 Å². The molecule has 0 saturated heterocycles. The predicted molar refractivity (Wildman–Crippen MR) is 117 cm³/mol. The first kappa shape index (κ1) is 20.1. The minimum Gasteiger partial charge on any atom is -0.490 e. The molecule has 0 radical (unpaired) electrons. The van der Waals surface area contributed by atoms with Gasteiger partial charge in [-0.25, -0.2) is 4.98 Å². The molecule has 0 fully saturated rings. The van der Waals surface area contributed by atoms with Crippen molar-refractivity contribution in [2.24, 2.45) is 0 Å². The number of hydrogen-bond donors (Lipinski definition) is 1. The van der Waals surface area contributed by atoms with Crippen LogP contribution in [0.15, 0.2) is 65.1 Å². The average Bonchev–Trinajstić information content (AvgIpc) is 3.42. The third-order valence-electron chi connectivity index (χ3n) is 4.41. The molecular weight excluding hydrogens is 400 g/mol. The zero-order valence-corrected chi connectivity index (χ0v) is 17.4. The molecule has 0 bridgehead atoms. The molecule has 0 aliphatic rings. The molecule has 1 amide bonds. The van der Waals surface area contributed by atoms with Crippen LogP contribution in [0.4, 0.5) is 0 Å². The van der Waals surface area contributed by atoms with Crippen molar-refractivity contribution in [3.8, 4) is 16.5 Å². The van der Waals surface area contributed by atoms with Crippen molar-refractivity contribution in [1.29, 1.82) is 0 Å². The lowest BCUT2D eigenvalue weighted by Gasteiger charge is -2.11. The van der Waals surface area contributed by atoms with E-state index in [0.29, 0.717) is 42.7 Å². The summed E-state index contributed by atoms with van der Waals surface area (Å²) in [7, 11) is 0. The summed E-state index contributed by atoms with van der Waals surface area (Å²) in [6.45, 7) is 3.71. The molecule has 6 nitrogen and oxygen atoms in total. The number of ether oxygens (including phenoxy) is 2. The van der Waals surface area contributed by atoms with Crippen LogP contribution in [0.3, 0.4) is 0 Å². The average molecular weight is 423 g/mol. The van der Waals surface area contributed by atoms with Gasteiger partial charge in [0.1, 0.15) is 18.1 Å². The molecule has 154 valence electrons. The largest absolute Gasteiger partial charge is 0.490 e. The van der Waals surface area contributed by atoms with Crippen molar-refractivity contribution < 1.29 is 18.7 Å². The Bertz CT molecular complexity index is 1100. The van der Waals surface area contributed by atoms with Crippen LogP contribution in [-0.4, -0.2) is 30.7 Å². The third kappa shape index (κ3) is 4.69. The first-order valence-corrected chi connectivity index (χ1v) is 10.6. The first-order chi connectivity index (χ1) is 14.7. The van der Waals surface area contributed by atoms with Gasteiger partial charge in [-0.05, 0) is 43.3 Å². The van der Waals surface area contributed by atoms with Gasteiger partial charge in [0.25, 0.3) is 5.91 Å². The summed E-state index contributed by atoms with van der Waals surface area (Å²) >= 11 is 1.58. The molecular formula is C23H22N2O4S. The Morgan fingerprint density at radius 3 is 2.77 bits per heavy atom. The Balaban J connectivity index is 1.39. The number of para-hydroxylation sites is 2. The highest BCUT2D eigenvalue weighted by atomic mass is 32.1. The summed E-state index contributed by atoms with van der Waals surface area (Å²) in [5, 5.41) is 3.71. The summed E-state index contributed by atoms with van der Waals surface area (Å²) in [5.74, 6) is 1.66. The molecule has 0 atom stereocenters. The Hall–Kier alpha value is -3.16. The van der Waals surface area contributed by atoms with E-state index < -0.39 is 0 Å². The summed E-state index contributed by atoms with van der Waals surface area (Å²) in [6, 6.07) is 18.9. The van der Waals surface area contributed by atoms with Crippen LogP contribution in [0.25, 0.3) is 21.0 Å². The van der Waals surface area contributed by atoms with Crippen LogP contribution >= 0.6 is 11.3 Å². The van der Waals surface area contributed by atoms with E-state index in [0.717, 1.165) is 15.2 Å². The number of hydrogen-bond acceptors (Lipinski definition) is 6. The molecule has 0 unspecified atom stereocenters. The van der Waals surface area contributed by atoms with Gasteiger partial charge < -0.3 is 19.2 Å². The van der Waals surface area contributed by atoms with E-state index in [1.807, 2.05) is 55.5 Å². The fourth-order valence-corrected chi connectivity index (χ4v) is 3.89. The maximum absolute atomic E-state index is 12.6. The number of thiazole rings is 1.